The summed E-state index contributed by atoms with van der Waals surface area (Å²) in [6.45, 7) is 3.48. The molecule has 0 radical (unpaired) electrons. The van der Waals surface area contributed by atoms with Gasteiger partial charge in [0.15, 0.2) is 0 Å². The zero-order valence-corrected chi connectivity index (χ0v) is 13.5. The molecule has 2 N–H and O–H groups in total. The Morgan fingerprint density at radius 1 is 1.27 bits per heavy atom. The van der Waals surface area contributed by atoms with E-state index in [0.717, 1.165) is 12.8 Å². The van der Waals surface area contributed by atoms with Crippen LogP contribution in [0, 0.1) is 5.41 Å². The topological polar surface area (TPSA) is 78.9 Å². The molecule has 0 aromatic carbocycles. The Kier molecular flexibility index (Phi) is 6.06. The van der Waals surface area contributed by atoms with Gasteiger partial charge in [-0.3, -0.25) is 4.79 Å². The molecule has 126 valence electrons. The van der Waals surface area contributed by atoms with Crippen LogP contribution >= 0.6 is 0 Å². The minimum atomic E-state index is -0.834. The Hall–Kier alpha value is -1.30. The van der Waals surface area contributed by atoms with Crippen LogP contribution in [0.1, 0.15) is 51.9 Å². The number of hydrogen-bond donors (Lipinski definition) is 2. The van der Waals surface area contributed by atoms with Crippen molar-refractivity contribution in [1.29, 1.82) is 0 Å². The van der Waals surface area contributed by atoms with Gasteiger partial charge in [0, 0.05) is 19.6 Å². The summed E-state index contributed by atoms with van der Waals surface area (Å²) in [4.78, 5) is 24.8. The van der Waals surface area contributed by atoms with Crippen LogP contribution in [0.2, 0.25) is 0 Å². The molecule has 0 spiro atoms. The lowest BCUT2D eigenvalue weighted by molar-refractivity contribution is -0.147. The van der Waals surface area contributed by atoms with Crippen molar-refractivity contribution < 1.29 is 19.4 Å². The molecule has 2 fully saturated rings. The van der Waals surface area contributed by atoms with E-state index in [4.69, 9.17) is 4.74 Å². The Labute approximate surface area is 132 Å². The highest BCUT2D eigenvalue weighted by atomic mass is 16.5. The molecule has 6 heteroatoms. The van der Waals surface area contributed by atoms with Gasteiger partial charge in [-0.1, -0.05) is 25.7 Å². The van der Waals surface area contributed by atoms with E-state index >= 15 is 0 Å². The Morgan fingerprint density at radius 3 is 2.55 bits per heavy atom. The second-order valence-electron chi connectivity index (χ2n) is 6.75. The zero-order valence-electron chi connectivity index (χ0n) is 13.5. The maximum atomic E-state index is 12.0. The molecule has 1 unspecified atom stereocenters. The maximum absolute atomic E-state index is 12.0. The van der Waals surface area contributed by atoms with E-state index < -0.39 is 11.4 Å². The van der Waals surface area contributed by atoms with Gasteiger partial charge in [-0.2, -0.15) is 0 Å². The highest BCUT2D eigenvalue weighted by Crippen LogP contribution is 2.29. The molecule has 0 aromatic heterocycles. The third-order valence-electron chi connectivity index (χ3n) is 4.81. The van der Waals surface area contributed by atoms with Gasteiger partial charge in [0.2, 0.25) is 0 Å². The van der Waals surface area contributed by atoms with Gasteiger partial charge in [-0.25, -0.2) is 4.79 Å². The largest absolute Gasteiger partial charge is 0.481 e. The van der Waals surface area contributed by atoms with Crippen LogP contribution in [0.25, 0.3) is 0 Å². The average Bonchev–Trinajstić information content (AvgIpc) is 2.72. The summed E-state index contributed by atoms with van der Waals surface area (Å²) in [7, 11) is 0. The minimum Gasteiger partial charge on any atom is -0.481 e. The highest BCUT2D eigenvalue weighted by molar-refractivity contribution is 5.79. The summed E-state index contributed by atoms with van der Waals surface area (Å²) in [6.07, 6.45) is 8.16. The molecule has 1 aliphatic carbocycles. The summed E-state index contributed by atoms with van der Waals surface area (Å²) < 4.78 is 5.83. The number of carbonyl (C=O) groups excluding carboxylic acids is 1. The van der Waals surface area contributed by atoms with Crippen LogP contribution in [0.5, 0.6) is 0 Å². The summed E-state index contributed by atoms with van der Waals surface area (Å²) in [5.74, 6) is -0.834. The number of nitrogens with zero attached hydrogens (tertiary/aromatic N) is 1. The van der Waals surface area contributed by atoms with Crippen molar-refractivity contribution >= 4 is 12.0 Å². The molecule has 22 heavy (non-hydrogen) atoms. The number of aliphatic carboxylic acids is 1. The normalized spacial score (nSPS) is 26.7. The second kappa shape index (κ2) is 7.81. The first-order valence-electron chi connectivity index (χ1n) is 8.39. The first-order valence-corrected chi connectivity index (χ1v) is 8.39. The molecule has 2 amide bonds. The van der Waals surface area contributed by atoms with Crippen molar-refractivity contribution in [3.63, 3.8) is 0 Å². The molecule has 6 nitrogen and oxygen atoms in total. The number of urea groups is 1. The SMILES string of the molecule is CC1(C(=O)O)CCN(C(=O)NCCOC2CCCCCC2)C1. The highest BCUT2D eigenvalue weighted by Gasteiger charge is 2.42. The van der Waals surface area contributed by atoms with Gasteiger partial charge in [-0.05, 0) is 26.2 Å². The van der Waals surface area contributed by atoms with Crippen molar-refractivity contribution in [2.75, 3.05) is 26.2 Å². The summed E-state index contributed by atoms with van der Waals surface area (Å²) in [5, 5.41) is 12.0. The molecule has 1 saturated heterocycles. The minimum absolute atomic E-state index is 0.186. The van der Waals surface area contributed by atoms with Gasteiger partial charge >= 0.3 is 12.0 Å². The number of carboxylic acid groups (broad SMARTS) is 1. The molecule has 1 aliphatic heterocycles. The van der Waals surface area contributed by atoms with Crippen LogP contribution in [-0.4, -0.2) is 54.4 Å². The first-order chi connectivity index (χ1) is 10.5. The zero-order chi connectivity index (χ0) is 16.0. The van der Waals surface area contributed by atoms with Crippen LogP contribution in [0.15, 0.2) is 0 Å². The number of hydrogen-bond acceptors (Lipinski definition) is 3. The summed E-state index contributed by atoms with van der Waals surface area (Å²) in [6, 6.07) is -0.186. The van der Waals surface area contributed by atoms with Crippen molar-refractivity contribution in [1.82, 2.24) is 10.2 Å². The predicted molar refractivity (Wildman–Crippen MR) is 82.8 cm³/mol. The van der Waals surface area contributed by atoms with Crippen molar-refractivity contribution in [2.24, 2.45) is 5.41 Å². The van der Waals surface area contributed by atoms with E-state index in [1.54, 1.807) is 11.8 Å². The fourth-order valence-electron chi connectivity index (χ4n) is 3.21. The van der Waals surface area contributed by atoms with Gasteiger partial charge in [0.25, 0.3) is 0 Å². The number of carbonyl (C=O) groups is 2. The number of amides is 2. The molecule has 1 atom stereocenters. The van der Waals surface area contributed by atoms with Crippen LogP contribution < -0.4 is 5.32 Å². The lowest BCUT2D eigenvalue weighted by atomic mass is 9.90. The van der Waals surface area contributed by atoms with E-state index in [9.17, 15) is 14.7 Å². The molecule has 1 heterocycles. The Morgan fingerprint density at radius 2 is 1.95 bits per heavy atom. The molecule has 0 bridgehead atoms. The van der Waals surface area contributed by atoms with Crippen LogP contribution in [-0.2, 0) is 9.53 Å². The molecule has 2 rings (SSSR count). The summed E-state index contributed by atoms with van der Waals surface area (Å²) in [5.41, 5.74) is -0.811. The fraction of sp³-hybridized carbons (Fsp3) is 0.875. The lowest BCUT2D eigenvalue weighted by Crippen LogP contribution is -2.42. The third-order valence-corrected chi connectivity index (χ3v) is 4.81. The van der Waals surface area contributed by atoms with Crippen molar-refractivity contribution in [3.05, 3.63) is 0 Å². The van der Waals surface area contributed by atoms with E-state index in [2.05, 4.69) is 5.32 Å². The fourth-order valence-corrected chi connectivity index (χ4v) is 3.21. The lowest BCUT2D eigenvalue weighted by Gasteiger charge is -2.21. The molecule has 0 aromatic rings. The number of nitrogens with one attached hydrogen (secondary N) is 1. The molecular weight excluding hydrogens is 284 g/mol. The van der Waals surface area contributed by atoms with Crippen molar-refractivity contribution in [3.8, 4) is 0 Å². The Bertz CT molecular complexity index is 394. The van der Waals surface area contributed by atoms with Gasteiger partial charge < -0.3 is 20.1 Å². The van der Waals surface area contributed by atoms with Gasteiger partial charge in [-0.15, -0.1) is 0 Å². The van der Waals surface area contributed by atoms with Crippen LogP contribution in [0.3, 0.4) is 0 Å². The van der Waals surface area contributed by atoms with E-state index in [0.29, 0.717) is 32.2 Å². The number of rotatable bonds is 5. The number of ether oxygens (including phenoxy) is 1. The smallest absolute Gasteiger partial charge is 0.317 e. The summed E-state index contributed by atoms with van der Waals surface area (Å²) >= 11 is 0. The maximum Gasteiger partial charge on any atom is 0.317 e. The van der Waals surface area contributed by atoms with Gasteiger partial charge in [0.05, 0.1) is 18.1 Å². The van der Waals surface area contributed by atoms with Gasteiger partial charge in [0.1, 0.15) is 0 Å². The Balaban J connectivity index is 1.63. The predicted octanol–water partition coefficient (Wildman–Crippen LogP) is 2.23. The van der Waals surface area contributed by atoms with Crippen LogP contribution in [0.4, 0.5) is 4.79 Å². The quantitative estimate of drug-likeness (QED) is 0.603. The van der Waals surface area contributed by atoms with E-state index in [-0.39, 0.29) is 12.6 Å². The number of likely N-dealkylation sites (tertiary alicyclic amines) is 1. The standard InChI is InChI=1S/C16H28N2O4/c1-16(14(19)20)8-10-18(12-16)15(21)17-9-11-22-13-6-4-2-3-5-7-13/h13H,2-12H2,1H3,(H,17,21)(H,19,20). The van der Waals surface area contributed by atoms with E-state index in [1.807, 2.05) is 0 Å². The third kappa shape index (κ3) is 4.60. The molecule has 1 saturated carbocycles. The average molecular weight is 312 g/mol. The second-order valence-corrected chi connectivity index (χ2v) is 6.75. The number of carboxylic acids is 1. The van der Waals surface area contributed by atoms with Crippen molar-refractivity contribution in [2.45, 2.75) is 58.0 Å². The molecule has 2 aliphatic rings. The first kappa shape index (κ1) is 17.1. The van der Waals surface area contributed by atoms with E-state index in [1.165, 1.54) is 25.7 Å². The molecular formula is C16H28N2O4. The monoisotopic (exact) mass is 312 g/mol.